The predicted octanol–water partition coefficient (Wildman–Crippen LogP) is 3.97. The first-order chi connectivity index (χ1) is 10.6. The van der Waals surface area contributed by atoms with Crippen molar-refractivity contribution >= 4 is 28.8 Å². The zero-order valence-corrected chi connectivity index (χ0v) is 12.6. The Morgan fingerprint density at radius 3 is 2.77 bits per heavy atom. The number of hydrogen-bond acceptors (Lipinski definition) is 4. The Morgan fingerprint density at radius 2 is 1.95 bits per heavy atom. The maximum Gasteiger partial charge on any atom is 0.201 e. The molecule has 2 aliphatic heterocycles. The van der Waals surface area contributed by atoms with Gasteiger partial charge in [-0.1, -0.05) is 23.7 Å². The van der Waals surface area contributed by atoms with Gasteiger partial charge in [-0.3, -0.25) is 4.79 Å². The van der Waals surface area contributed by atoms with Crippen molar-refractivity contribution in [3.63, 3.8) is 0 Å². The van der Waals surface area contributed by atoms with E-state index in [1.54, 1.807) is 18.3 Å². The summed E-state index contributed by atoms with van der Waals surface area (Å²) < 4.78 is 5.98. The SMILES string of the molecule is Cc1cc2c(cc1Cl)C(=O)C1=CNc3ccccc3N[C@@H]1O2. The van der Waals surface area contributed by atoms with E-state index in [0.717, 1.165) is 16.9 Å². The fraction of sp³-hybridized carbons (Fsp3) is 0.118. The van der Waals surface area contributed by atoms with E-state index in [4.69, 9.17) is 16.3 Å². The van der Waals surface area contributed by atoms with E-state index in [0.29, 0.717) is 21.9 Å². The molecule has 2 heterocycles. The molecular formula is C17H13ClN2O2. The molecule has 0 saturated carbocycles. The summed E-state index contributed by atoms with van der Waals surface area (Å²) in [7, 11) is 0. The first-order valence-electron chi connectivity index (χ1n) is 6.97. The van der Waals surface area contributed by atoms with Gasteiger partial charge in [0.05, 0.1) is 22.5 Å². The number of Topliss-reactive ketones (excluding diaryl/α,β-unsaturated/α-hetero) is 1. The van der Waals surface area contributed by atoms with E-state index in [9.17, 15) is 4.79 Å². The number of anilines is 2. The molecule has 2 aromatic rings. The van der Waals surface area contributed by atoms with Gasteiger partial charge >= 0.3 is 0 Å². The van der Waals surface area contributed by atoms with Crippen molar-refractivity contribution in [3.8, 4) is 5.75 Å². The molecule has 0 bridgehead atoms. The molecule has 0 aromatic heterocycles. The zero-order valence-electron chi connectivity index (χ0n) is 11.8. The average Bonchev–Trinajstić information content (AvgIpc) is 2.69. The molecule has 0 spiro atoms. The van der Waals surface area contributed by atoms with Crippen LogP contribution in [0, 0.1) is 6.92 Å². The minimum absolute atomic E-state index is 0.0824. The van der Waals surface area contributed by atoms with Crippen LogP contribution in [-0.2, 0) is 0 Å². The van der Waals surface area contributed by atoms with Crippen LogP contribution in [0.3, 0.4) is 0 Å². The van der Waals surface area contributed by atoms with Gasteiger partial charge < -0.3 is 15.4 Å². The molecule has 0 fully saturated rings. The third kappa shape index (κ3) is 1.96. The number of ether oxygens (including phenoxy) is 1. The summed E-state index contributed by atoms with van der Waals surface area (Å²) in [6, 6.07) is 11.2. The molecule has 0 saturated heterocycles. The summed E-state index contributed by atoms with van der Waals surface area (Å²) in [5.41, 5.74) is 3.70. The number of carbonyl (C=O) groups is 1. The lowest BCUT2D eigenvalue weighted by atomic mass is 9.97. The highest BCUT2D eigenvalue weighted by atomic mass is 35.5. The van der Waals surface area contributed by atoms with E-state index in [1.165, 1.54) is 0 Å². The van der Waals surface area contributed by atoms with Crippen LogP contribution >= 0.6 is 11.6 Å². The Hall–Kier alpha value is -2.46. The standard InChI is InChI=1S/C17H13ClN2O2/c1-9-6-15-10(7-12(9)18)16(21)11-8-19-13-4-2-3-5-14(13)20-17(11)22-15/h2-8,17,19-20H,1H3/t17-/m1/s1. The topological polar surface area (TPSA) is 50.4 Å². The summed E-state index contributed by atoms with van der Waals surface area (Å²) in [6.45, 7) is 1.89. The zero-order chi connectivity index (χ0) is 15.3. The number of fused-ring (bicyclic) bond motifs is 3. The molecule has 4 rings (SSSR count). The van der Waals surface area contributed by atoms with Crippen molar-refractivity contribution in [1.82, 2.24) is 0 Å². The smallest absolute Gasteiger partial charge is 0.201 e. The number of ketones is 1. The maximum atomic E-state index is 12.7. The summed E-state index contributed by atoms with van der Waals surface area (Å²) in [5, 5.41) is 6.98. The fourth-order valence-corrected chi connectivity index (χ4v) is 2.84. The molecule has 0 unspecified atom stereocenters. The van der Waals surface area contributed by atoms with E-state index < -0.39 is 6.23 Å². The van der Waals surface area contributed by atoms with Crippen molar-refractivity contribution in [3.05, 3.63) is 64.3 Å². The fourth-order valence-electron chi connectivity index (χ4n) is 2.68. The Kier molecular flexibility index (Phi) is 2.87. The predicted molar refractivity (Wildman–Crippen MR) is 86.7 cm³/mol. The van der Waals surface area contributed by atoms with Crippen molar-refractivity contribution in [2.75, 3.05) is 10.6 Å². The van der Waals surface area contributed by atoms with E-state index >= 15 is 0 Å². The first-order valence-corrected chi connectivity index (χ1v) is 7.35. The number of hydrogen-bond donors (Lipinski definition) is 2. The van der Waals surface area contributed by atoms with Crippen LogP contribution in [0.25, 0.3) is 0 Å². The van der Waals surface area contributed by atoms with Crippen molar-refractivity contribution < 1.29 is 9.53 Å². The van der Waals surface area contributed by atoms with Gasteiger partial charge in [0, 0.05) is 11.2 Å². The molecule has 2 aromatic carbocycles. The number of rotatable bonds is 0. The van der Waals surface area contributed by atoms with Gasteiger partial charge in [-0.2, -0.15) is 0 Å². The lowest BCUT2D eigenvalue weighted by Crippen LogP contribution is -2.36. The normalized spacial score (nSPS) is 18.5. The molecule has 2 N–H and O–H groups in total. The lowest BCUT2D eigenvalue weighted by molar-refractivity contribution is 0.0974. The maximum absolute atomic E-state index is 12.7. The molecule has 0 amide bonds. The minimum atomic E-state index is -0.517. The molecule has 2 aliphatic rings. The molecule has 110 valence electrons. The van der Waals surface area contributed by atoms with Gasteiger partial charge in [0.15, 0.2) is 5.78 Å². The Morgan fingerprint density at radius 1 is 1.18 bits per heavy atom. The third-order valence-corrected chi connectivity index (χ3v) is 4.30. The summed E-state index contributed by atoms with van der Waals surface area (Å²) in [6.07, 6.45) is 1.18. The Labute approximate surface area is 132 Å². The molecule has 0 aliphatic carbocycles. The molecule has 0 radical (unpaired) electrons. The van der Waals surface area contributed by atoms with Gasteiger partial charge in [-0.25, -0.2) is 0 Å². The Bertz CT molecular complexity index is 829. The number of halogens is 1. The van der Waals surface area contributed by atoms with Crippen LogP contribution in [0.15, 0.2) is 48.2 Å². The van der Waals surface area contributed by atoms with E-state index in [-0.39, 0.29) is 5.78 Å². The molecule has 1 atom stereocenters. The van der Waals surface area contributed by atoms with Crippen LogP contribution < -0.4 is 15.4 Å². The van der Waals surface area contributed by atoms with E-state index in [1.807, 2.05) is 31.2 Å². The molecular weight excluding hydrogens is 300 g/mol. The summed E-state index contributed by atoms with van der Waals surface area (Å²) >= 11 is 6.13. The number of para-hydroxylation sites is 2. The van der Waals surface area contributed by atoms with Crippen molar-refractivity contribution in [2.45, 2.75) is 13.2 Å². The molecule has 4 nitrogen and oxygen atoms in total. The highest BCUT2D eigenvalue weighted by Gasteiger charge is 2.34. The van der Waals surface area contributed by atoms with Crippen LogP contribution in [0.1, 0.15) is 15.9 Å². The van der Waals surface area contributed by atoms with E-state index in [2.05, 4.69) is 10.6 Å². The van der Waals surface area contributed by atoms with Crippen LogP contribution in [0.4, 0.5) is 11.4 Å². The Balaban J connectivity index is 1.81. The number of benzene rings is 2. The van der Waals surface area contributed by atoms with Crippen molar-refractivity contribution in [2.24, 2.45) is 0 Å². The van der Waals surface area contributed by atoms with Gasteiger partial charge in [0.25, 0.3) is 0 Å². The van der Waals surface area contributed by atoms with Gasteiger partial charge in [-0.15, -0.1) is 0 Å². The first kappa shape index (κ1) is 13.2. The highest BCUT2D eigenvalue weighted by molar-refractivity contribution is 6.32. The van der Waals surface area contributed by atoms with Crippen LogP contribution in [0.5, 0.6) is 5.75 Å². The van der Waals surface area contributed by atoms with Crippen molar-refractivity contribution in [1.29, 1.82) is 0 Å². The largest absolute Gasteiger partial charge is 0.465 e. The van der Waals surface area contributed by atoms with Gasteiger partial charge in [0.2, 0.25) is 6.23 Å². The number of carbonyl (C=O) groups excluding carboxylic acids is 1. The highest BCUT2D eigenvalue weighted by Crippen LogP contribution is 2.37. The summed E-state index contributed by atoms with van der Waals surface area (Å²) in [5.74, 6) is 0.474. The monoisotopic (exact) mass is 312 g/mol. The summed E-state index contributed by atoms with van der Waals surface area (Å²) in [4.78, 5) is 12.7. The van der Waals surface area contributed by atoms with Gasteiger partial charge in [-0.05, 0) is 36.8 Å². The lowest BCUT2D eigenvalue weighted by Gasteiger charge is -2.28. The second-order valence-electron chi connectivity index (χ2n) is 5.36. The van der Waals surface area contributed by atoms with Crippen LogP contribution in [0.2, 0.25) is 5.02 Å². The quantitative estimate of drug-likeness (QED) is 0.773. The minimum Gasteiger partial charge on any atom is -0.465 e. The second-order valence-corrected chi connectivity index (χ2v) is 5.77. The van der Waals surface area contributed by atoms with Crippen LogP contribution in [-0.4, -0.2) is 12.0 Å². The number of nitrogens with one attached hydrogen (secondary N) is 2. The molecule has 22 heavy (non-hydrogen) atoms. The molecule has 5 heteroatoms. The third-order valence-electron chi connectivity index (χ3n) is 3.89. The van der Waals surface area contributed by atoms with Gasteiger partial charge in [0.1, 0.15) is 5.75 Å². The average molecular weight is 313 g/mol. The number of aryl methyl sites for hydroxylation is 1. The second kappa shape index (κ2) is 4.78.